The molecule has 0 fully saturated rings. The Morgan fingerprint density at radius 3 is 2.40 bits per heavy atom. The van der Waals surface area contributed by atoms with Gasteiger partial charge in [-0.2, -0.15) is 0 Å². The van der Waals surface area contributed by atoms with Gasteiger partial charge in [-0.15, -0.1) is 0 Å². The third-order valence-electron chi connectivity index (χ3n) is 3.76. The van der Waals surface area contributed by atoms with Crippen molar-refractivity contribution in [1.82, 2.24) is 9.62 Å². The van der Waals surface area contributed by atoms with Crippen LogP contribution < -0.4 is 10.6 Å². The molecule has 0 heterocycles. The minimum absolute atomic E-state index is 0.0346. The van der Waals surface area contributed by atoms with Crippen LogP contribution in [-0.4, -0.2) is 39.3 Å². The topological polar surface area (TPSA) is 78.5 Å². The molecule has 0 saturated carbocycles. The number of rotatable bonds is 7. The van der Waals surface area contributed by atoms with Gasteiger partial charge >= 0.3 is 0 Å². The molecule has 0 bridgehead atoms. The van der Waals surface area contributed by atoms with E-state index < -0.39 is 10.0 Å². The molecule has 134 valence electrons. The van der Waals surface area contributed by atoms with Crippen molar-refractivity contribution in [3.8, 4) is 0 Å². The van der Waals surface area contributed by atoms with Crippen molar-refractivity contribution >= 4 is 21.6 Å². The Morgan fingerprint density at radius 2 is 1.76 bits per heavy atom. The molecular formula is C18H23N3O3S. The predicted molar refractivity (Wildman–Crippen MR) is 98.8 cm³/mol. The molecule has 2 aromatic carbocycles. The van der Waals surface area contributed by atoms with Gasteiger partial charge in [-0.05, 0) is 30.7 Å². The predicted octanol–water partition coefficient (Wildman–Crippen LogP) is 2.23. The van der Waals surface area contributed by atoms with E-state index in [0.29, 0.717) is 5.69 Å². The van der Waals surface area contributed by atoms with Gasteiger partial charge in [0, 0.05) is 25.8 Å². The number of nitrogens with one attached hydrogen (secondary N) is 2. The zero-order valence-electron chi connectivity index (χ0n) is 14.6. The van der Waals surface area contributed by atoms with Gasteiger partial charge in [0.05, 0.1) is 11.4 Å². The largest absolute Gasteiger partial charge is 0.325 e. The van der Waals surface area contributed by atoms with Crippen molar-refractivity contribution in [2.75, 3.05) is 26.0 Å². The van der Waals surface area contributed by atoms with E-state index in [1.165, 1.54) is 26.2 Å². The minimum Gasteiger partial charge on any atom is -0.325 e. The summed E-state index contributed by atoms with van der Waals surface area (Å²) in [4.78, 5) is 12.2. The minimum atomic E-state index is -3.53. The molecule has 7 heteroatoms. The highest BCUT2D eigenvalue weighted by atomic mass is 32.2. The molecule has 1 amide bonds. The van der Waals surface area contributed by atoms with Gasteiger partial charge in [0.2, 0.25) is 15.9 Å². The highest BCUT2D eigenvalue weighted by molar-refractivity contribution is 7.89. The van der Waals surface area contributed by atoms with Gasteiger partial charge in [0.15, 0.2) is 0 Å². The summed E-state index contributed by atoms with van der Waals surface area (Å²) in [5.41, 5.74) is 1.54. The Bertz CT molecular complexity index is 820. The first-order chi connectivity index (χ1) is 11.8. The lowest BCUT2D eigenvalue weighted by Gasteiger charge is -2.15. The first-order valence-corrected chi connectivity index (χ1v) is 9.35. The van der Waals surface area contributed by atoms with Gasteiger partial charge in [-0.25, -0.2) is 12.7 Å². The van der Waals surface area contributed by atoms with Crippen molar-refractivity contribution < 1.29 is 13.2 Å². The highest BCUT2D eigenvalue weighted by Gasteiger charge is 2.17. The summed E-state index contributed by atoms with van der Waals surface area (Å²) >= 11 is 0. The Hall–Kier alpha value is -2.22. The molecule has 6 nitrogen and oxygen atoms in total. The van der Waals surface area contributed by atoms with E-state index in [0.717, 1.165) is 9.87 Å². The smallest absolute Gasteiger partial charge is 0.242 e. The van der Waals surface area contributed by atoms with Gasteiger partial charge < -0.3 is 10.6 Å². The van der Waals surface area contributed by atoms with Crippen LogP contribution in [0.1, 0.15) is 18.5 Å². The number of nitrogens with zero attached hydrogens (tertiary/aromatic N) is 1. The van der Waals surface area contributed by atoms with Crippen LogP contribution in [0, 0.1) is 0 Å². The molecule has 2 N–H and O–H groups in total. The van der Waals surface area contributed by atoms with Gasteiger partial charge in [0.1, 0.15) is 0 Å². The lowest BCUT2D eigenvalue weighted by atomic mass is 10.1. The Balaban J connectivity index is 1.97. The lowest BCUT2D eigenvalue weighted by molar-refractivity contribution is -0.115. The second-order valence-electron chi connectivity index (χ2n) is 5.88. The Labute approximate surface area is 148 Å². The average Bonchev–Trinajstić information content (AvgIpc) is 2.60. The summed E-state index contributed by atoms with van der Waals surface area (Å²) < 4.78 is 25.4. The molecule has 0 aliphatic heterocycles. The Morgan fingerprint density at radius 1 is 1.08 bits per heavy atom. The first kappa shape index (κ1) is 19.1. The second-order valence-corrected chi connectivity index (χ2v) is 8.03. The zero-order valence-corrected chi connectivity index (χ0v) is 15.4. The molecule has 25 heavy (non-hydrogen) atoms. The van der Waals surface area contributed by atoms with E-state index >= 15 is 0 Å². The van der Waals surface area contributed by atoms with Crippen LogP contribution >= 0.6 is 0 Å². The summed E-state index contributed by atoms with van der Waals surface area (Å²) in [5, 5.41) is 5.86. The summed E-state index contributed by atoms with van der Waals surface area (Å²) in [5.74, 6) is -0.234. The first-order valence-electron chi connectivity index (χ1n) is 7.91. The van der Waals surface area contributed by atoms with Crippen LogP contribution in [0.4, 0.5) is 5.69 Å². The standard InChI is InChI=1S/C18H23N3O3S/c1-14(15-8-5-4-6-9-15)19-13-18(22)20-16-10-7-11-17(12-16)25(23,24)21(2)3/h4-12,14,19H,13H2,1-3H3,(H,20,22)/t14-/m0/s1. The molecule has 0 saturated heterocycles. The summed E-state index contributed by atoms with van der Waals surface area (Å²) in [7, 11) is -0.595. The number of sulfonamides is 1. The van der Waals surface area contributed by atoms with E-state index in [1.807, 2.05) is 37.3 Å². The number of anilines is 1. The molecular weight excluding hydrogens is 338 g/mol. The van der Waals surface area contributed by atoms with Gasteiger partial charge in [-0.3, -0.25) is 4.79 Å². The maximum absolute atomic E-state index is 12.1. The maximum atomic E-state index is 12.1. The molecule has 0 aliphatic carbocycles. The summed E-state index contributed by atoms with van der Waals surface area (Å²) in [6.07, 6.45) is 0. The fourth-order valence-electron chi connectivity index (χ4n) is 2.26. The fraction of sp³-hybridized carbons (Fsp3) is 0.278. The lowest BCUT2D eigenvalue weighted by Crippen LogP contribution is -2.30. The van der Waals surface area contributed by atoms with Crippen LogP contribution in [-0.2, 0) is 14.8 Å². The summed E-state index contributed by atoms with van der Waals surface area (Å²) in [6, 6.07) is 16.1. The normalized spacial score (nSPS) is 12.8. The monoisotopic (exact) mass is 361 g/mol. The van der Waals surface area contributed by atoms with Crippen molar-refractivity contribution in [1.29, 1.82) is 0 Å². The molecule has 0 aliphatic rings. The number of carbonyl (C=O) groups excluding carboxylic acids is 1. The number of hydrogen-bond acceptors (Lipinski definition) is 4. The van der Waals surface area contributed by atoms with E-state index in [9.17, 15) is 13.2 Å². The molecule has 0 radical (unpaired) electrons. The number of carbonyl (C=O) groups is 1. The molecule has 0 unspecified atom stereocenters. The third kappa shape index (κ3) is 5.12. The molecule has 2 aromatic rings. The third-order valence-corrected chi connectivity index (χ3v) is 5.58. The number of amides is 1. The van der Waals surface area contributed by atoms with Crippen molar-refractivity contribution in [2.45, 2.75) is 17.9 Å². The van der Waals surface area contributed by atoms with Crippen molar-refractivity contribution in [2.24, 2.45) is 0 Å². The number of benzene rings is 2. The van der Waals surface area contributed by atoms with Crippen molar-refractivity contribution in [3.63, 3.8) is 0 Å². The summed E-state index contributed by atoms with van der Waals surface area (Å²) in [6.45, 7) is 2.10. The van der Waals surface area contributed by atoms with E-state index in [-0.39, 0.29) is 23.4 Å². The zero-order chi connectivity index (χ0) is 18.4. The number of hydrogen-bond donors (Lipinski definition) is 2. The second kappa shape index (κ2) is 8.24. The molecule has 1 atom stereocenters. The van der Waals surface area contributed by atoms with Crippen LogP contribution in [0.15, 0.2) is 59.5 Å². The molecule has 2 rings (SSSR count). The average molecular weight is 361 g/mol. The maximum Gasteiger partial charge on any atom is 0.242 e. The molecule has 0 aromatic heterocycles. The van der Waals surface area contributed by atoms with Crippen molar-refractivity contribution in [3.05, 3.63) is 60.2 Å². The Kier molecular flexibility index (Phi) is 6.30. The van der Waals surface area contributed by atoms with Crippen LogP contribution in [0.3, 0.4) is 0 Å². The van der Waals surface area contributed by atoms with Gasteiger partial charge in [0.25, 0.3) is 0 Å². The molecule has 0 spiro atoms. The highest BCUT2D eigenvalue weighted by Crippen LogP contribution is 2.18. The van der Waals surface area contributed by atoms with Crippen LogP contribution in [0.5, 0.6) is 0 Å². The van der Waals surface area contributed by atoms with Crippen LogP contribution in [0.25, 0.3) is 0 Å². The van der Waals surface area contributed by atoms with Crippen LogP contribution in [0.2, 0.25) is 0 Å². The fourth-order valence-corrected chi connectivity index (χ4v) is 3.20. The van der Waals surface area contributed by atoms with Gasteiger partial charge in [-0.1, -0.05) is 36.4 Å². The quantitative estimate of drug-likeness (QED) is 0.793. The van der Waals surface area contributed by atoms with E-state index in [2.05, 4.69) is 10.6 Å². The van der Waals surface area contributed by atoms with E-state index in [1.54, 1.807) is 12.1 Å². The SMILES string of the molecule is C[C@H](NCC(=O)Nc1cccc(S(=O)(=O)N(C)C)c1)c1ccccc1. The van der Waals surface area contributed by atoms with E-state index in [4.69, 9.17) is 0 Å².